The first-order valence-corrected chi connectivity index (χ1v) is 6.80. The molecule has 1 aliphatic heterocycles. The Morgan fingerprint density at radius 2 is 2.06 bits per heavy atom. The summed E-state index contributed by atoms with van der Waals surface area (Å²) in [6.45, 7) is 6.04. The summed E-state index contributed by atoms with van der Waals surface area (Å²) < 4.78 is 5.65. The van der Waals surface area contributed by atoms with Gasteiger partial charge in [-0.1, -0.05) is 32.0 Å². The Hall–Kier alpha value is -1.06. The fraction of sp³-hybridized carbons (Fsp3) is 0.600. The third-order valence-corrected chi connectivity index (χ3v) is 4.26. The molecule has 3 nitrogen and oxygen atoms in total. The van der Waals surface area contributed by atoms with Gasteiger partial charge in [0.1, 0.15) is 12.4 Å². The van der Waals surface area contributed by atoms with Crippen LogP contribution in [0.1, 0.15) is 38.3 Å². The molecule has 100 valence electrons. The molecule has 2 rings (SSSR count). The van der Waals surface area contributed by atoms with Crippen molar-refractivity contribution in [3.63, 3.8) is 0 Å². The summed E-state index contributed by atoms with van der Waals surface area (Å²) in [6.07, 6.45) is 1.98. The SMILES string of the molecule is CCC(CC)(CO)CNC1COc2ccccc21. The molecular formula is C15H23NO2. The molecular weight excluding hydrogens is 226 g/mol. The van der Waals surface area contributed by atoms with Crippen LogP contribution in [0.15, 0.2) is 24.3 Å². The lowest BCUT2D eigenvalue weighted by atomic mass is 9.83. The smallest absolute Gasteiger partial charge is 0.124 e. The van der Waals surface area contributed by atoms with Crippen LogP contribution in [0.3, 0.4) is 0 Å². The molecule has 3 heteroatoms. The molecule has 1 heterocycles. The Morgan fingerprint density at radius 1 is 1.33 bits per heavy atom. The maximum Gasteiger partial charge on any atom is 0.124 e. The number of aliphatic hydroxyl groups is 1. The highest BCUT2D eigenvalue weighted by atomic mass is 16.5. The monoisotopic (exact) mass is 249 g/mol. The van der Waals surface area contributed by atoms with Crippen LogP contribution in [-0.2, 0) is 0 Å². The minimum atomic E-state index is -0.00245. The molecule has 1 aromatic rings. The highest BCUT2D eigenvalue weighted by Gasteiger charge is 2.29. The first kappa shape index (κ1) is 13.4. The number of para-hydroxylation sites is 1. The van der Waals surface area contributed by atoms with E-state index in [0.29, 0.717) is 6.61 Å². The van der Waals surface area contributed by atoms with E-state index < -0.39 is 0 Å². The lowest BCUT2D eigenvalue weighted by molar-refractivity contribution is 0.108. The van der Waals surface area contributed by atoms with Crippen LogP contribution in [-0.4, -0.2) is 24.9 Å². The second kappa shape index (κ2) is 5.72. The normalized spacial score (nSPS) is 18.5. The van der Waals surface area contributed by atoms with Crippen LogP contribution < -0.4 is 10.1 Å². The van der Waals surface area contributed by atoms with E-state index in [-0.39, 0.29) is 18.1 Å². The number of nitrogens with one attached hydrogen (secondary N) is 1. The Kier molecular flexibility index (Phi) is 4.25. The van der Waals surface area contributed by atoms with Crippen LogP contribution in [0.4, 0.5) is 0 Å². The van der Waals surface area contributed by atoms with Gasteiger partial charge in [0, 0.05) is 24.1 Å². The summed E-state index contributed by atoms with van der Waals surface area (Å²) in [5.41, 5.74) is 1.23. The van der Waals surface area contributed by atoms with Crippen molar-refractivity contribution in [2.45, 2.75) is 32.7 Å². The number of aliphatic hydroxyl groups excluding tert-OH is 1. The molecule has 0 amide bonds. The molecule has 0 saturated carbocycles. The fourth-order valence-electron chi connectivity index (χ4n) is 2.45. The second-order valence-electron chi connectivity index (χ2n) is 5.15. The first-order chi connectivity index (χ1) is 8.74. The third-order valence-electron chi connectivity index (χ3n) is 4.26. The van der Waals surface area contributed by atoms with Crippen LogP contribution in [0.2, 0.25) is 0 Å². The zero-order valence-corrected chi connectivity index (χ0v) is 11.3. The van der Waals surface area contributed by atoms with Gasteiger partial charge in [-0.15, -0.1) is 0 Å². The van der Waals surface area contributed by atoms with Gasteiger partial charge >= 0.3 is 0 Å². The summed E-state index contributed by atoms with van der Waals surface area (Å²) >= 11 is 0. The van der Waals surface area contributed by atoms with Crippen molar-refractivity contribution in [3.8, 4) is 5.75 Å². The minimum Gasteiger partial charge on any atom is -0.491 e. The van der Waals surface area contributed by atoms with Gasteiger partial charge in [-0.05, 0) is 18.9 Å². The first-order valence-electron chi connectivity index (χ1n) is 6.80. The molecule has 2 N–H and O–H groups in total. The van der Waals surface area contributed by atoms with Crippen molar-refractivity contribution in [1.82, 2.24) is 5.32 Å². The lowest BCUT2D eigenvalue weighted by Crippen LogP contribution is -2.38. The molecule has 0 saturated heterocycles. The van der Waals surface area contributed by atoms with E-state index in [9.17, 15) is 5.11 Å². The van der Waals surface area contributed by atoms with Crippen molar-refractivity contribution >= 4 is 0 Å². The molecule has 1 aliphatic rings. The number of hydrogen-bond acceptors (Lipinski definition) is 3. The van der Waals surface area contributed by atoms with E-state index in [0.717, 1.165) is 25.1 Å². The highest BCUT2D eigenvalue weighted by Crippen LogP contribution is 2.33. The van der Waals surface area contributed by atoms with Gasteiger partial charge in [0.05, 0.1) is 6.04 Å². The quantitative estimate of drug-likeness (QED) is 0.814. The third kappa shape index (κ3) is 2.52. The van der Waals surface area contributed by atoms with Gasteiger partial charge in [-0.2, -0.15) is 0 Å². The largest absolute Gasteiger partial charge is 0.491 e. The Morgan fingerprint density at radius 3 is 2.72 bits per heavy atom. The van der Waals surface area contributed by atoms with Gasteiger partial charge in [0.2, 0.25) is 0 Å². The van der Waals surface area contributed by atoms with Crippen LogP contribution in [0, 0.1) is 5.41 Å². The zero-order chi connectivity index (χ0) is 13.0. The summed E-state index contributed by atoms with van der Waals surface area (Å²) in [5, 5.41) is 13.1. The van der Waals surface area contributed by atoms with Crippen LogP contribution in [0.25, 0.3) is 0 Å². The van der Waals surface area contributed by atoms with E-state index in [4.69, 9.17) is 4.74 Å². The van der Waals surface area contributed by atoms with Gasteiger partial charge in [0.25, 0.3) is 0 Å². The van der Waals surface area contributed by atoms with Crippen molar-refractivity contribution in [1.29, 1.82) is 0 Å². The average molecular weight is 249 g/mol. The summed E-state index contributed by atoms with van der Waals surface area (Å²) in [5.74, 6) is 0.984. The highest BCUT2D eigenvalue weighted by molar-refractivity contribution is 5.39. The molecule has 0 aliphatic carbocycles. The molecule has 0 bridgehead atoms. The molecule has 0 radical (unpaired) electrons. The molecule has 18 heavy (non-hydrogen) atoms. The maximum atomic E-state index is 9.57. The second-order valence-corrected chi connectivity index (χ2v) is 5.15. The van der Waals surface area contributed by atoms with Gasteiger partial charge in [-0.3, -0.25) is 0 Å². The van der Waals surface area contributed by atoms with E-state index in [1.807, 2.05) is 18.2 Å². The van der Waals surface area contributed by atoms with E-state index >= 15 is 0 Å². The molecule has 1 aromatic carbocycles. The van der Waals surface area contributed by atoms with Crippen molar-refractivity contribution in [2.24, 2.45) is 5.41 Å². The zero-order valence-electron chi connectivity index (χ0n) is 11.3. The maximum absolute atomic E-state index is 9.57. The van der Waals surface area contributed by atoms with Crippen LogP contribution >= 0.6 is 0 Å². The van der Waals surface area contributed by atoms with Gasteiger partial charge < -0.3 is 15.2 Å². The topological polar surface area (TPSA) is 41.5 Å². The fourth-order valence-corrected chi connectivity index (χ4v) is 2.45. The van der Waals surface area contributed by atoms with Crippen molar-refractivity contribution in [2.75, 3.05) is 19.8 Å². The standard InChI is InChI=1S/C15H23NO2/c1-3-15(4-2,11-17)10-16-13-9-18-14-8-6-5-7-12(13)14/h5-8,13,16-17H,3-4,9-11H2,1-2H3. The average Bonchev–Trinajstić information content (AvgIpc) is 2.85. The molecule has 1 atom stereocenters. The number of hydrogen-bond donors (Lipinski definition) is 2. The van der Waals surface area contributed by atoms with Gasteiger partial charge in [0.15, 0.2) is 0 Å². The number of fused-ring (bicyclic) bond motifs is 1. The molecule has 0 fully saturated rings. The number of ether oxygens (including phenoxy) is 1. The number of benzene rings is 1. The summed E-state index contributed by atoms with van der Waals surface area (Å²) in [4.78, 5) is 0. The predicted octanol–water partition coefficient (Wildman–Crippen LogP) is 2.51. The number of rotatable bonds is 6. The lowest BCUT2D eigenvalue weighted by Gasteiger charge is -2.31. The molecule has 0 aromatic heterocycles. The van der Waals surface area contributed by atoms with Crippen LogP contribution in [0.5, 0.6) is 5.75 Å². The minimum absolute atomic E-state index is 0.00245. The summed E-state index contributed by atoms with van der Waals surface area (Å²) in [7, 11) is 0. The Balaban J connectivity index is 2.00. The van der Waals surface area contributed by atoms with E-state index in [1.54, 1.807) is 0 Å². The summed E-state index contributed by atoms with van der Waals surface area (Å²) in [6, 6.07) is 8.41. The Labute approximate surface area is 109 Å². The van der Waals surface area contributed by atoms with Crippen molar-refractivity contribution < 1.29 is 9.84 Å². The van der Waals surface area contributed by atoms with Crippen molar-refractivity contribution in [3.05, 3.63) is 29.8 Å². The molecule has 0 spiro atoms. The van der Waals surface area contributed by atoms with E-state index in [1.165, 1.54) is 5.56 Å². The molecule has 1 unspecified atom stereocenters. The van der Waals surface area contributed by atoms with Gasteiger partial charge in [-0.25, -0.2) is 0 Å². The Bertz CT molecular complexity index is 380. The van der Waals surface area contributed by atoms with E-state index in [2.05, 4.69) is 25.2 Å². The predicted molar refractivity (Wildman–Crippen MR) is 72.8 cm³/mol.